The molecule has 3 aromatic carbocycles. The molecule has 46 heavy (non-hydrogen) atoms. The van der Waals surface area contributed by atoms with E-state index in [0.717, 1.165) is 61.4 Å². The molecule has 0 saturated carbocycles. The van der Waals surface area contributed by atoms with Gasteiger partial charge in [-0.05, 0) is 81.1 Å². The van der Waals surface area contributed by atoms with E-state index < -0.39 is 0 Å². The highest BCUT2D eigenvalue weighted by molar-refractivity contribution is 6.42. The highest BCUT2D eigenvalue weighted by Crippen LogP contribution is 2.33. The predicted molar refractivity (Wildman–Crippen MR) is 182 cm³/mol. The Morgan fingerprint density at radius 2 is 1.74 bits per heavy atom. The Bertz CT molecular complexity index is 1650. The van der Waals surface area contributed by atoms with Crippen LogP contribution in [0.15, 0.2) is 66.9 Å². The first-order valence-electron chi connectivity index (χ1n) is 16.1. The summed E-state index contributed by atoms with van der Waals surface area (Å²) in [6.07, 6.45) is 5.36. The molecule has 2 atom stereocenters. The van der Waals surface area contributed by atoms with Crippen molar-refractivity contribution in [2.75, 3.05) is 32.8 Å². The molecule has 0 radical (unpaired) electrons. The predicted octanol–water partition coefficient (Wildman–Crippen LogP) is 7.42. The third-order valence-electron chi connectivity index (χ3n) is 8.92. The van der Waals surface area contributed by atoms with Crippen molar-refractivity contribution in [2.45, 2.75) is 64.4 Å². The monoisotopic (exact) mass is 666 g/mol. The molecule has 10 heteroatoms. The summed E-state index contributed by atoms with van der Waals surface area (Å²) in [6.45, 7) is 9.68. The summed E-state index contributed by atoms with van der Waals surface area (Å²) in [5.74, 6) is 1.09. The van der Waals surface area contributed by atoms with Crippen LogP contribution in [-0.4, -0.2) is 71.2 Å². The number of aromatic nitrogens is 1. The molecule has 6 rings (SSSR count). The molecule has 1 amide bonds. The van der Waals surface area contributed by atoms with Gasteiger partial charge in [-0.15, -0.1) is 0 Å². The number of carbonyl (C=O) groups is 1. The Kier molecular flexibility index (Phi) is 10.4. The standard InChI is InChI=1S/C36H41Cl2FN4O3/c1-24(2)46-34-6-3-5-30-31(36(44)40-20-25-7-14-32(37)33(38)19-25)23-42(35(30)34)15-4-16-43-27-10-11-28(43)22-41(21-27)17-18-45-29-12-8-26(39)9-13-29/h3,5-9,12-14,19,23-24,27-28H,4,10-11,15-18,20-22H2,1-2H3,(H,40,44)/t27-,28+. The Hall–Kier alpha value is -3.30. The van der Waals surface area contributed by atoms with Crippen LogP contribution in [0.5, 0.6) is 11.5 Å². The van der Waals surface area contributed by atoms with E-state index in [1.807, 2.05) is 44.3 Å². The number of hydrogen-bond acceptors (Lipinski definition) is 5. The van der Waals surface area contributed by atoms with Gasteiger partial charge in [0.2, 0.25) is 0 Å². The Balaban J connectivity index is 1.09. The van der Waals surface area contributed by atoms with Crippen molar-refractivity contribution in [2.24, 2.45) is 0 Å². The van der Waals surface area contributed by atoms with Crippen LogP contribution < -0.4 is 14.8 Å². The molecular formula is C36H41Cl2FN4O3. The van der Waals surface area contributed by atoms with E-state index in [4.69, 9.17) is 32.7 Å². The highest BCUT2D eigenvalue weighted by atomic mass is 35.5. The number of amides is 1. The number of aryl methyl sites for hydroxylation is 1. The molecule has 2 bridgehead atoms. The van der Waals surface area contributed by atoms with Crippen molar-refractivity contribution in [3.05, 3.63) is 93.8 Å². The molecule has 1 aromatic heterocycles. The first-order valence-corrected chi connectivity index (χ1v) is 16.9. The Labute approximate surface area is 280 Å². The van der Waals surface area contributed by atoms with Gasteiger partial charge in [0.05, 0.1) is 27.2 Å². The maximum Gasteiger partial charge on any atom is 0.253 e. The van der Waals surface area contributed by atoms with E-state index in [9.17, 15) is 9.18 Å². The third-order valence-corrected chi connectivity index (χ3v) is 9.66. The zero-order chi connectivity index (χ0) is 32.2. The average molecular weight is 668 g/mol. The molecule has 0 unspecified atom stereocenters. The lowest BCUT2D eigenvalue weighted by molar-refractivity contribution is 0.0574. The van der Waals surface area contributed by atoms with Crippen LogP contribution in [0.2, 0.25) is 10.0 Å². The van der Waals surface area contributed by atoms with Gasteiger partial charge in [-0.25, -0.2) is 4.39 Å². The van der Waals surface area contributed by atoms with Crippen molar-refractivity contribution in [1.29, 1.82) is 0 Å². The summed E-state index contributed by atoms with van der Waals surface area (Å²) in [7, 11) is 0. The fourth-order valence-electron chi connectivity index (χ4n) is 6.83. The van der Waals surface area contributed by atoms with Gasteiger partial charge in [-0.3, -0.25) is 14.6 Å². The van der Waals surface area contributed by atoms with Gasteiger partial charge in [0.1, 0.15) is 23.9 Å². The first kappa shape index (κ1) is 32.6. The fraction of sp³-hybridized carbons (Fsp3) is 0.417. The van der Waals surface area contributed by atoms with Crippen molar-refractivity contribution in [1.82, 2.24) is 19.7 Å². The summed E-state index contributed by atoms with van der Waals surface area (Å²) in [4.78, 5) is 18.7. The van der Waals surface area contributed by atoms with Crippen molar-refractivity contribution >= 4 is 40.0 Å². The maximum absolute atomic E-state index is 13.5. The van der Waals surface area contributed by atoms with Gasteiger partial charge in [0.25, 0.3) is 5.91 Å². The zero-order valence-corrected chi connectivity index (χ0v) is 27.9. The van der Waals surface area contributed by atoms with Crippen LogP contribution in [-0.2, 0) is 13.1 Å². The summed E-state index contributed by atoms with van der Waals surface area (Å²) < 4.78 is 27.4. The maximum atomic E-state index is 13.5. The minimum Gasteiger partial charge on any atom is -0.492 e. The molecular weight excluding hydrogens is 626 g/mol. The largest absolute Gasteiger partial charge is 0.492 e. The van der Waals surface area contributed by atoms with Crippen molar-refractivity contribution < 1.29 is 18.7 Å². The van der Waals surface area contributed by atoms with Gasteiger partial charge in [0, 0.05) is 62.9 Å². The third kappa shape index (κ3) is 7.63. The van der Waals surface area contributed by atoms with E-state index in [-0.39, 0.29) is 17.8 Å². The molecule has 1 N–H and O–H groups in total. The summed E-state index contributed by atoms with van der Waals surface area (Å²) in [5.41, 5.74) is 2.45. The second-order valence-electron chi connectivity index (χ2n) is 12.5. The van der Waals surface area contributed by atoms with Gasteiger partial charge in [-0.1, -0.05) is 41.4 Å². The topological polar surface area (TPSA) is 59.0 Å². The van der Waals surface area contributed by atoms with Gasteiger partial charge in [0.15, 0.2) is 0 Å². The molecule has 2 saturated heterocycles. The second kappa shape index (κ2) is 14.6. The molecule has 4 aromatic rings. The summed E-state index contributed by atoms with van der Waals surface area (Å²) in [6, 6.07) is 18.6. The number of ether oxygens (including phenoxy) is 2. The number of benzene rings is 3. The van der Waals surface area contributed by atoms with Gasteiger partial charge >= 0.3 is 0 Å². The number of likely N-dealkylation sites (tertiary alicyclic amines) is 1. The lowest BCUT2D eigenvalue weighted by Crippen LogP contribution is -2.54. The number of carbonyl (C=O) groups excluding carboxylic acids is 1. The second-order valence-corrected chi connectivity index (χ2v) is 13.3. The first-order chi connectivity index (χ1) is 22.2. The lowest BCUT2D eigenvalue weighted by Gasteiger charge is -2.41. The van der Waals surface area contributed by atoms with Crippen LogP contribution in [0.3, 0.4) is 0 Å². The minimum absolute atomic E-state index is 0.00823. The fourth-order valence-corrected chi connectivity index (χ4v) is 7.15. The molecule has 3 heterocycles. The molecule has 2 fully saturated rings. The normalized spacial score (nSPS) is 18.4. The highest BCUT2D eigenvalue weighted by Gasteiger charge is 2.39. The number of hydrogen-bond donors (Lipinski definition) is 1. The Morgan fingerprint density at radius 3 is 2.46 bits per heavy atom. The van der Waals surface area contributed by atoms with E-state index >= 15 is 0 Å². The number of piperazine rings is 1. The van der Waals surface area contributed by atoms with Crippen molar-refractivity contribution in [3.63, 3.8) is 0 Å². The van der Waals surface area contributed by atoms with Crippen molar-refractivity contribution in [3.8, 4) is 11.5 Å². The number of fused-ring (bicyclic) bond motifs is 3. The molecule has 0 aliphatic carbocycles. The number of nitrogens with zero attached hydrogens (tertiary/aromatic N) is 3. The van der Waals surface area contributed by atoms with Gasteiger partial charge < -0.3 is 19.4 Å². The number of nitrogens with one attached hydrogen (secondary N) is 1. The van der Waals surface area contributed by atoms with E-state index in [2.05, 4.69) is 19.7 Å². The smallest absolute Gasteiger partial charge is 0.253 e. The van der Waals surface area contributed by atoms with Crippen LogP contribution in [0.25, 0.3) is 10.9 Å². The van der Waals surface area contributed by atoms with Crippen LogP contribution >= 0.6 is 23.2 Å². The number of rotatable bonds is 13. The van der Waals surface area contributed by atoms with E-state index in [1.165, 1.54) is 25.0 Å². The lowest BCUT2D eigenvalue weighted by atomic mass is 10.1. The molecule has 244 valence electrons. The molecule has 2 aliphatic heterocycles. The molecule has 2 aliphatic rings. The zero-order valence-electron chi connectivity index (χ0n) is 26.4. The number of para-hydroxylation sites is 1. The molecule has 7 nitrogen and oxygen atoms in total. The van der Waals surface area contributed by atoms with Crippen LogP contribution in [0, 0.1) is 5.82 Å². The molecule has 0 spiro atoms. The number of halogens is 3. The average Bonchev–Trinajstić information content (AvgIpc) is 3.52. The minimum atomic E-state index is -0.253. The SMILES string of the molecule is CC(C)Oc1cccc2c(C(=O)NCc3ccc(Cl)c(Cl)c3)cn(CCCN3[C@@H]4CC[C@H]3CN(CCOc3ccc(F)cc3)C4)c12. The van der Waals surface area contributed by atoms with Gasteiger partial charge in [-0.2, -0.15) is 0 Å². The van der Waals surface area contributed by atoms with E-state index in [1.54, 1.807) is 24.3 Å². The van der Waals surface area contributed by atoms with Crippen LogP contribution in [0.1, 0.15) is 49.0 Å². The van der Waals surface area contributed by atoms with E-state index in [0.29, 0.717) is 46.6 Å². The van der Waals surface area contributed by atoms with Crippen LogP contribution in [0.4, 0.5) is 4.39 Å². The summed E-state index contributed by atoms with van der Waals surface area (Å²) >= 11 is 12.2. The quantitative estimate of drug-likeness (QED) is 0.161. The summed E-state index contributed by atoms with van der Waals surface area (Å²) in [5, 5.41) is 4.88. The Morgan fingerprint density at radius 1 is 0.978 bits per heavy atom.